The summed E-state index contributed by atoms with van der Waals surface area (Å²) in [4.78, 5) is 18.6. The zero-order valence-corrected chi connectivity index (χ0v) is 16.4. The summed E-state index contributed by atoms with van der Waals surface area (Å²) in [5, 5.41) is 7.20. The molecule has 2 aliphatic rings. The van der Waals surface area contributed by atoms with Crippen LogP contribution >= 0.6 is 0 Å². The van der Waals surface area contributed by atoms with E-state index in [1.807, 2.05) is 36.1 Å². The molecule has 1 aromatic carbocycles. The maximum Gasteiger partial charge on any atom is 0.317 e. The van der Waals surface area contributed by atoms with Crippen molar-refractivity contribution in [2.75, 3.05) is 19.7 Å². The molecule has 4 rings (SSSR count). The topological polar surface area (TPSA) is 80.5 Å². The molecule has 2 fully saturated rings. The first-order valence-electron chi connectivity index (χ1n) is 10.2. The van der Waals surface area contributed by atoms with Crippen LogP contribution in [0.3, 0.4) is 0 Å². The van der Waals surface area contributed by atoms with Crippen LogP contribution in [0, 0.1) is 6.92 Å². The molecule has 0 unspecified atom stereocenters. The SMILES string of the molecule is Cc1cccc(OCCc2noc(C3CN(C(=O)NC4CCCCC4)C3)n2)c1. The van der Waals surface area contributed by atoms with E-state index in [0.717, 1.165) is 18.6 Å². The number of hydrogen-bond donors (Lipinski definition) is 1. The molecule has 1 aliphatic carbocycles. The first kappa shape index (κ1) is 18.8. The van der Waals surface area contributed by atoms with Gasteiger partial charge < -0.3 is 19.5 Å². The minimum absolute atomic E-state index is 0.0365. The zero-order chi connectivity index (χ0) is 19.3. The van der Waals surface area contributed by atoms with Gasteiger partial charge in [0.15, 0.2) is 5.82 Å². The van der Waals surface area contributed by atoms with E-state index < -0.39 is 0 Å². The van der Waals surface area contributed by atoms with Crippen molar-refractivity contribution < 1.29 is 14.1 Å². The van der Waals surface area contributed by atoms with Gasteiger partial charge >= 0.3 is 6.03 Å². The molecule has 1 N–H and O–H groups in total. The minimum Gasteiger partial charge on any atom is -0.493 e. The van der Waals surface area contributed by atoms with Crippen LogP contribution in [0.15, 0.2) is 28.8 Å². The van der Waals surface area contributed by atoms with Gasteiger partial charge in [-0.3, -0.25) is 0 Å². The molecule has 1 saturated carbocycles. The highest BCUT2D eigenvalue weighted by Gasteiger charge is 2.36. The lowest BCUT2D eigenvalue weighted by molar-refractivity contribution is 0.132. The number of urea groups is 1. The molecule has 2 amide bonds. The lowest BCUT2D eigenvalue weighted by Gasteiger charge is -2.38. The lowest BCUT2D eigenvalue weighted by atomic mass is 9.95. The van der Waals surface area contributed by atoms with Crippen molar-refractivity contribution in [2.24, 2.45) is 0 Å². The van der Waals surface area contributed by atoms with E-state index in [4.69, 9.17) is 9.26 Å². The summed E-state index contributed by atoms with van der Waals surface area (Å²) < 4.78 is 11.1. The van der Waals surface area contributed by atoms with Crippen LogP contribution in [-0.4, -0.2) is 46.8 Å². The number of amides is 2. The van der Waals surface area contributed by atoms with Crippen molar-refractivity contribution in [1.82, 2.24) is 20.4 Å². The Morgan fingerprint density at radius 2 is 2.11 bits per heavy atom. The number of likely N-dealkylation sites (tertiary alicyclic amines) is 1. The third-order valence-corrected chi connectivity index (χ3v) is 5.52. The number of hydrogen-bond acceptors (Lipinski definition) is 5. The Kier molecular flexibility index (Phi) is 5.78. The molecule has 7 heteroatoms. The molecule has 0 spiro atoms. The summed E-state index contributed by atoms with van der Waals surface area (Å²) in [6, 6.07) is 8.33. The van der Waals surface area contributed by atoms with Crippen LogP contribution in [0.5, 0.6) is 5.75 Å². The highest BCUT2D eigenvalue weighted by Crippen LogP contribution is 2.26. The van der Waals surface area contributed by atoms with Gasteiger partial charge in [-0.15, -0.1) is 0 Å². The Balaban J connectivity index is 1.19. The second-order valence-electron chi connectivity index (χ2n) is 7.85. The van der Waals surface area contributed by atoms with E-state index >= 15 is 0 Å². The number of rotatable bonds is 6. The smallest absolute Gasteiger partial charge is 0.317 e. The van der Waals surface area contributed by atoms with Crippen LogP contribution in [0.4, 0.5) is 4.79 Å². The summed E-state index contributed by atoms with van der Waals surface area (Å²) in [5.41, 5.74) is 1.17. The summed E-state index contributed by atoms with van der Waals surface area (Å²) >= 11 is 0. The van der Waals surface area contributed by atoms with Crippen molar-refractivity contribution >= 4 is 6.03 Å². The fourth-order valence-corrected chi connectivity index (χ4v) is 3.81. The maximum absolute atomic E-state index is 12.3. The van der Waals surface area contributed by atoms with Gasteiger partial charge in [-0.1, -0.05) is 36.6 Å². The molecule has 2 aromatic rings. The second-order valence-corrected chi connectivity index (χ2v) is 7.85. The number of benzene rings is 1. The van der Waals surface area contributed by atoms with E-state index in [0.29, 0.717) is 43.9 Å². The molecule has 150 valence electrons. The van der Waals surface area contributed by atoms with Gasteiger partial charge in [0, 0.05) is 25.6 Å². The highest BCUT2D eigenvalue weighted by atomic mass is 16.5. The van der Waals surface area contributed by atoms with Crippen LogP contribution < -0.4 is 10.1 Å². The minimum atomic E-state index is 0.0365. The molecule has 0 radical (unpaired) electrons. The largest absolute Gasteiger partial charge is 0.493 e. The lowest BCUT2D eigenvalue weighted by Crippen LogP contribution is -2.54. The fraction of sp³-hybridized carbons (Fsp3) is 0.571. The van der Waals surface area contributed by atoms with Gasteiger partial charge in [-0.05, 0) is 37.5 Å². The third kappa shape index (κ3) is 4.64. The predicted molar refractivity (Wildman–Crippen MR) is 104 cm³/mol. The first-order chi connectivity index (χ1) is 13.7. The van der Waals surface area contributed by atoms with Crippen molar-refractivity contribution in [2.45, 2.75) is 57.4 Å². The Morgan fingerprint density at radius 1 is 1.29 bits per heavy atom. The van der Waals surface area contributed by atoms with E-state index in [1.54, 1.807) is 0 Å². The molecule has 7 nitrogen and oxygen atoms in total. The number of carbonyl (C=O) groups is 1. The van der Waals surface area contributed by atoms with Crippen molar-refractivity contribution in [3.63, 3.8) is 0 Å². The molecule has 1 saturated heterocycles. The maximum atomic E-state index is 12.3. The highest BCUT2D eigenvalue weighted by molar-refractivity contribution is 5.75. The number of carbonyl (C=O) groups excluding carboxylic acids is 1. The number of aromatic nitrogens is 2. The fourth-order valence-electron chi connectivity index (χ4n) is 3.81. The Hall–Kier alpha value is -2.57. The van der Waals surface area contributed by atoms with Crippen LogP contribution in [0.1, 0.15) is 55.3 Å². The zero-order valence-electron chi connectivity index (χ0n) is 16.4. The van der Waals surface area contributed by atoms with Crippen molar-refractivity contribution in [3.8, 4) is 5.75 Å². The molecule has 0 atom stereocenters. The Morgan fingerprint density at radius 3 is 2.89 bits per heavy atom. The van der Waals surface area contributed by atoms with Crippen LogP contribution in [0.25, 0.3) is 0 Å². The summed E-state index contributed by atoms with van der Waals surface area (Å²) in [5.74, 6) is 2.25. The molecule has 1 aromatic heterocycles. The number of ether oxygens (including phenoxy) is 1. The van der Waals surface area contributed by atoms with E-state index in [1.165, 1.54) is 24.8 Å². The summed E-state index contributed by atoms with van der Waals surface area (Å²) in [7, 11) is 0. The van der Waals surface area contributed by atoms with Crippen LogP contribution in [-0.2, 0) is 6.42 Å². The standard InChI is InChI=1S/C21H28N4O3/c1-15-6-5-9-18(12-15)27-11-10-19-23-20(28-24-19)16-13-25(14-16)21(26)22-17-7-3-2-4-8-17/h5-6,9,12,16-17H,2-4,7-8,10-11,13-14H2,1H3,(H,22,26). The van der Waals surface area contributed by atoms with Gasteiger partial charge in [0.05, 0.1) is 12.5 Å². The number of nitrogens with zero attached hydrogens (tertiary/aromatic N) is 3. The molecule has 28 heavy (non-hydrogen) atoms. The predicted octanol–water partition coefficient (Wildman–Crippen LogP) is 3.44. The first-order valence-corrected chi connectivity index (χ1v) is 10.2. The van der Waals surface area contributed by atoms with E-state index in [-0.39, 0.29) is 11.9 Å². The number of aryl methyl sites for hydroxylation is 1. The van der Waals surface area contributed by atoms with E-state index in [2.05, 4.69) is 15.5 Å². The average molecular weight is 384 g/mol. The van der Waals surface area contributed by atoms with Gasteiger partial charge in [-0.2, -0.15) is 4.98 Å². The van der Waals surface area contributed by atoms with Gasteiger partial charge in [-0.25, -0.2) is 4.79 Å². The second kappa shape index (κ2) is 8.63. The number of nitrogens with one attached hydrogen (secondary N) is 1. The van der Waals surface area contributed by atoms with Crippen molar-refractivity contribution in [3.05, 3.63) is 41.5 Å². The van der Waals surface area contributed by atoms with E-state index in [9.17, 15) is 4.79 Å². The monoisotopic (exact) mass is 384 g/mol. The quantitative estimate of drug-likeness (QED) is 0.825. The molecule has 2 heterocycles. The average Bonchev–Trinajstić information content (AvgIpc) is 3.10. The van der Waals surface area contributed by atoms with Gasteiger partial charge in [0.2, 0.25) is 5.89 Å². The Labute approximate surface area is 165 Å². The molecule has 1 aliphatic heterocycles. The third-order valence-electron chi connectivity index (χ3n) is 5.52. The molecular weight excluding hydrogens is 356 g/mol. The molecule has 0 bridgehead atoms. The summed E-state index contributed by atoms with van der Waals surface area (Å²) in [6.45, 7) is 3.82. The molecular formula is C21H28N4O3. The Bertz CT molecular complexity index is 794. The van der Waals surface area contributed by atoms with Gasteiger partial charge in [0.1, 0.15) is 5.75 Å². The van der Waals surface area contributed by atoms with Gasteiger partial charge in [0.25, 0.3) is 0 Å². The van der Waals surface area contributed by atoms with Crippen molar-refractivity contribution in [1.29, 1.82) is 0 Å². The summed E-state index contributed by atoms with van der Waals surface area (Å²) in [6.07, 6.45) is 6.50. The van der Waals surface area contributed by atoms with Crippen LogP contribution in [0.2, 0.25) is 0 Å². The normalized spacial score (nSPS) is 18.0.